The smallest absolute Gasteiger partial charge is 0.335 e. The van der Waals surface area contributed by atoms with Gasteiger partial charge in [0.15, 0.2) is 0 Å². The SMILES string of the molecule is CCCS(=O)(=O)N1CCc2[nH]c3ccc(C(=O)O)cc3c2C1. The number of hydrogen-bond donors (Lipinski definition) is 2. The second-order valence-corrected chi connectivity index (χ2v) is 7.64. The van der Waals surface area contributed by atoms with Crippen molar-refractivity contribution in [2.24, 2.45) is 0 Å². The van der Waals surface area contributed by atoms with E-state index in [1.165, 1.54) is 4.31 Å². The predicted octanol–water partition coefficient (Wildman–Crippen LogP) is 1.96. The van der Waals surface area contributed by atoms with Crippen molar-refractivity contribution in [2.75, 3.05) is 12.3 Å². The molecule has 0 bridgehead atoms. The molecule has 6 nitrogen and oxygen atoms in total. The van der Waals surface area contributed by atoms with Crippen molar-refractivity contribution in [1.29, 1.82) is 0 Å². The fraction of sp³-hybridized carbons (Fsp3) is 0.400. The van der Waals surface area contributed by atoms with E-state index in [1.54, 1.807) is 18.2 Å². The normalized spacial score (nSPS) is 15.9. The zero-order chi connectivity index (χ0) is 15.9. The average Bonchev–Trinajstić information content (AvgIpc) is 2.83. The van der Waals surface area contributed by atoms with Crippen LogP contribution in [0.25, 0.3) is 10.9 Å². The van der Waals surface area contributed by atoms with Crippen LogP contribution in [0.2, 0.25) is 0 Å². The molecule has 1 aliphatic heterocycles. The fourth-order valence-corrected chi connectivity index (χ4v) is 4.42. The third-order valence-corrected chi connectivity index (χ3v) is 6.07. The van der Waals surface area contributed by atoms with Gasteiger partial charge in [-0.05, 0) is 30.2 Å². The lowest BCUT2D eigenvalue weighted by Gasteiger charge is -2.26. The molecule has 0 radical (unpaired) electrons. The summed E-state index contributed by atoms with van der Waals surface area (Å²) in [5.74, 6) is -0.839. The first-order valence-electron chi connectivity index (χ1n) is 7.27. The molecule has 3 rings (SSSR count). The van der Waals surface area contributed by atoms with Crippen LogP contribution in [0, 0.1) is 0 Å². The Labute approximate surface area is 128 Å². The number of carboxylic acids is 1. The third-order valence-electron chi connectivity index (χ3n) is 4.04. The molecular formula is C15H18N2O4S. The second kappa shape index (κ2) is 5.40. The minimum absolute atomic E-state index is 0.144. The standard InChI is InChI=1S/C15H18N2O4S/c1-2-7-22(20,21)17-6-5-14-12(9-17)11-8-10(15(18)19)3-4-13(11)16-14/h3-4,8,16H,2,5-7,9H2,1H3,(H,18,19). The second-order valence-electron chi connectivity index (χ2n) is 5.55. The molecule has 2 N–H and O–H groups in total. The van der Waals surface area contributed by atoms with E-state index in [0.29, 0.717) is 25.9 Å². The first-order chi connectivity index (χ1) is 10.4. The molecule has 0 amide bonds. The van der Waals surface area contributed by atoms with Gasteiger partial charge in [-0.1, -0.05) is 6.92 Å². The molecule has 0 saturated heterocycles. The Balaban J connectivity index is 2.04. The van der Waals surface area contributed by atoms with Crippen LogP contribution in [-0.4, -0.2) is 41.1 Å². The summed E-state index contributed by atoms with van der Waals surface area (Å²) in [6.45, 7) is 2.62. The molecular weight excluding hydrogens is 304 g/mol. The Bertz CT molecular complexity index is 839. The summed E-state index contributed by atoms with van der Waals surface area (Å²) in [5, 5.41) is 9.92. The summed E-state index contributed by atoms with van der Waals surface area (Å²) < 4.78 is 26.0. The van der Waals surface area contributed by atoms with Crippen molar-refractivity contribution >= 4 is 26.9 Å². The number of aromatic carboxylic acids is 1. The number of aromatic amines is 1. The summed E-state index contributed by atoms with van der Waals surface area (Å²) >= 11 is 0. The van der Waals surface area contributed by atoms with E-state index in [2.05, 4.69) is 4.98 Å². The summed E-state index contributed by atoms with van der Waals surface area (Å²) in [4.78, 5) is 14.4. The van der Waals surface area contributed by atoms with Crippen LogP contribution >= 0.6 is 0 Å². The number of rotatable bonds is 4. The van der Waals surface area contributed by atoms with Crippen molar-refractivity contribution in [2.45, 2.75) is 26.3 Å². The predicted molar refractivity (Wildman–Crippen MR) is 83.4 cm³/mol. The highest BCUT2D eigenvalue weighted by Crippen LogP contribution is 2.29. The van der Waals surface area contributed by atoms with Gasteiger partial charge in [-0.2, -0.15) is 4.31 Å². The third kappa shape index (κ3) is 2.50. The van der Waals surface area contributed by atoms with E-state index < -0.39 is 16.0 Å². The molecule has 0 fully saturated rings. The molecule has 2 aromatic rings. The van der Waals surface area contributed by atoms with E-state index in [1.807, 2.05) is 6.92 Å². The van der Waals surface area contributed by atoms with Crippen LogP contribution in [0.5, 0.6) is 0 Å². The number of benzene rings is 1. The number of aromatic nitrogens is 1. The number of fused-ring (bicyclic) bond motifs is 3. The first kappa shape index (κ1) is 15.1. The van der Waals surface area contributed by atoms with Crippen LogP contribution in [-0.2, 0) is 23.0 Å². The molecule has 1 aromatic heterocycles. The van der Waals surface area contributed by atoms with E-state index in [4.69, 9.17) is 5.11 Å². The molecule has 1 aromatic carbocycles. The zero-order valence-corrected chi connectivity index (χ0v) is 13.1. The number of sulfonamides is 1. The van der Waals surface area contributed by atoms with Gasteiger partial charge in [-0.3, -0.25) is 0 Å². The molecule has 0 spiro atoms. The van der Waals surface area contributed by atoms with Crippen molar-refractivity contribution in [3.63, 3.8) is 0 Å². The fourth-order valence-electron chi connectivity index (χ4n) is 2.95. The maximum atomic E-state index is 12.3. The lowest BCUT2D eigenvalue weighted by molar-refractivity contribution is 0.0697. The van der Waals surface area contributed by atoms with Crippen molar-refractivity contribution < 1.29 is 18.3 Å². The maximum absolute atomic E-state index is 12.3. The molecule has 22 heavy (non-hydrogen) atoms. The van der Waals surface area contributed by atoms with Gasteiger partial charge in [-0.15, -0.1) is 0 Å². The first-order valence-corrected chi connectivity index (χ1v) is 8.88. The van der Waals surface area contributed by atoms with Gasteiger partial charge >= 0.3 is 5.97 Å². The van der Waals surface area contributed by atoms with Crippen LogP contribution < -0.4 is 0 Å². The average molecular weight is 322 g/mol. The molecule has 0 unspecified atom stereocenters. The van der Waals surface area contributed by atoms with E-state index in [0.717, 1.165) is 22.2 Å². The zero-order valence-electron chi connectivity index (χ0n) is 12.3. The number of H-pyrrole nitrogens is 1. The van der Waals surface area contributed by atoms with Crippen molar-refractivity contribution in [1.82, 2.24) is 9.29 Å². The molecule has 0 saturated carbocycles. The number of nitrogens with zero attached hydrogens (tertiary/aromatic N) is 1. The summed E-state index contributed by atoms with van der Waals surface area (Å²) in [6, 6.07) is 4.91. The Morgan fingerprint density at radius 1 is 1.41 bits per heavy atom. The van der Waals surface area contributed by atoms with Crippen molar-refractivity contribution in [3.8, 4) is 0 Å². The lowest BCUT2D eigenvalue weighted by Crippen LogP contribution is -2.37. The van der Waals surface area contributed by atoms with E-state index >= 15 is 0 Å². The van der Waals surface area contributed by atoms with Crippen LogP contribution in [0.1, 0.15) is 35.0 Å². The van der Waals surface area contributed by atoms with Crippen molar-refractivity contribution in [3.05, 3.63) is 35.0 Å². The van der Waals surface area contributed by atoms with Crippen LogP contribution in [0.3, 0.4) is 0 Å². The number of carbonyl (C=O) groups is 1. The quantitative estimate of drug-likeness (QED) is 0.900. The van der Waals surface area contributed by atoms with E-state index in [-0.39, 0.29) is 11.3 Å². The summed E-state index contributed by atoms with van der Waals surface area (Å²) in [7, 11) is -3.25. The molecule has 2 heterocycles. The van der Waals surface area contributed by atoms with E-state index in [9.17, 15) is 13.2 Å². The number of carboxylic acid groups (broad SMARTS) is 1. The molecule has 0 atom stereocenters. The topological polar surface area (TPSA) is 90.5 Å². The highest BCUT2D eigenvalue weighted by atomic mass is 32.2. The monoisotopic (exact) mass is 322 g/mol. The van der Waals surface area contributed by atoms with Gasteiger partial charge in [0, 0.05) is 36.1 Å². The minimum atomic E-state index is -3.25. The van der Waals surface area contributed by atoms with Crippen LogP contribution in [0.15, 0.2) is 18.2 Å². The van der Waals surface area contributed by atoms with Gasteiger partial charge in [-0.25, -0.2) is 13.2 Å². The molecule has 1 aliphatic rings. The van der Waals surface area contributed by atoms with Gasteiger partial charge in [0.25, 0.3) is 0 Å². The summed E-state index contributed by atoms with van der Waals surface area (Å²) in [5.41, 5.74) is 2.96. The Morgan fingerprint density at radius 3 is 2.86 bits per heavy atom. The highest BCUT2D eigenvalue weighted by Gasteiger charge is 2.28. The molecule has 7 heteroatoms. The largest absolute Gasteiger partial charge is 0.478 e. The van der Waals surface area contributed by atoms with Gasteiger partial charge < -0.3 is 10.1 Å². The minimum Gasteiger partial charge on any atom is -0.478 e. The van der Waals surface area contributed by atoms with Gasteiger partial charge in [0.1, 0.15) is 0 Å². The number of hydrogen-bond acceptors (Lipinski definition) is 3. The molecule has 118 valence electrons. The molecule has 0 aliphatic carbocycles. The Morgan fingerprint density at radius 2 is 2.18 bits per heavy atom. The summed E-state index contributed by atoms with van der Waals surface area (Å²) in [6.07, 6.45) is 1.21. The Hall–Kier alpha value is -1.86. The van der Waals surface area contributed by atoms with Gasteiger partial charge in [0.05, 0.1) is 11.3 Å². The Kier molecular flexibility index (Phi) is 3.70. The lowest BCUT2D eigenvalue weighted by atomic mass is 10.0. The van der Waals surface area contributed by atoms with Gasteiger partial charge in [0.2, 0.25) is 10.0 Å². The van der Waals surface area contributed by atoms with Crippen LogP contribution in [0.4, 0.5) is 0 Å². The number of nitrogens with one attached hydrogen (secondary N) is 1. The highest BCUT2D eigenvalue weighted by molar-refractivity contribution is 7.89. The maximum Gasteiger partial charge on any atom is 0.335 e.